The molecule has 1 rings (SSSR count). The number of nitrogens with one attached hydrogen (secondary N) is 1. The number of sulfonamides is 1. The molecule has 0 aromatic carbocycles. The van der Waals surface area contributed by atoms with E-state index >= 15 is 0 Å². The highest BCUT2D eigenvalue weighted by molar-refractivity contribution is 7.89. The lowest BCUT2D eigenvalue weighted by Gasteiger charge is -2.10. The molecule has 0 fully saturated rings. The van der Waals surface area contributed by atoms with E-state index in [2.05, 4.69) is 9.71 Å². The lowest BCUT2D eigenvalue weighted by atomic mass is 10.4. The molecule has 110 valence electrons. The van der Waals surface area contributed by atoms with Crippen molar-refractivity contribution in [2.24, 2.45) is 0 Å². The quantitative estimate of drug-likeness (QED) is 0.668. The number of hydrogen-bond acceptors (Lipinski definition) is 6. The Bertz CT molecular complexity index is 566. The molecule has 0 aliphatic heterocycles. The van der Waals surface area contributed by atoms with Crippen molar-refractivity contribution >= 4 is 10.0 Å². The first-order chi connectivity index (χ1) is 9.47. The maximum atomic E-state index is 12.0. The van der Waals surface area contributed by atoms with Crippen LogP contribution >= 0.6 is 0 Å². The van der Waals surface area contributed by atoms with E-state index in [4.69, 9.17) is 10.00 Å². The average molecular weight is 298 g/mol. The molecule has 0 amide bonds. The Hall–Kier alpha value is -1.53. The topological polar surface area (TPSA) is 95.3 Å². The summed E-state index contributed by atoms with van der Waals surface area (Å²) >= 11 is 0. The number of nitrogens with zero attached hydrogens (tertiary/aromatic N) is 3. The summed E-state index contributed by atoms with van der Waals surface area (Å²) in [6, 6.07) is 4.58. The van der Waals surface area contributed by atoms with E-state index in [0.717, 1.165) is 6.54 Å². The first-order valence-electron chi connectivity index (χ1n) is 6.04. The van der Waals surface area contributed by atoms with Gasteiger partial charge in [0.1, 0.15) is 11.0 Å². The van der Waals surface area contributed by atoms with Crippen LogP contribution in [-0.4, -0.2) is 58.7 Å². The van der Waals surface area contributed by atoms with Crippen LogP contribution in [0.25, 0.3) is 0 Å². The monoisotopic (exact) mass is 298 g/mol. The summed E-state index contributed by atoms with van der Waals surface area (Å²) < 4.78 is 31.6. The predicted octanol–water partition coefficient (Wildman–Crippen LogP) is -0.190. The summed E-state index contributed by atoms with van der Waals surface area (Å²) in [5.41, 5.74) is -0.117. The Morgan fingerprint density at radius 3 is 2.85 bits per heavy atom. The van der Waals surface area contributed by atoms with E-state index in [1.54, 1.807) is 6.07 Å². The lowest BCUT2D eigenvalue weighted by molar-refractivity contribution is 0.122. The number of likely N-dealkylation sites (N-methyl/N-ethyl adjacent to an activating group) is 1. The van der Waals surface area contributed by atoms with Gasteiger partial charge in [-0.1, -0.05) is 0 Å². The first kappa shape index (κ1) is 16.5. The second-order valence-electron chi connectivity index (χ2n) is 4.28. The standard InChI is InChI=1S/C12H18N4O3S/c1-16(2)7-9-19-8-6-15-20(17,18)12-4-3-5-14-11(12)10-13/h3-5,15H,6-9H2,1-2H3. The minimum Gasteiger partial charge on any atom is -0.379 e. The Kier molecular flexibility index (Phi) is 6.54. The molecule has 7 nitrogen and oxygen atoms in total. The summed E-state index contributed by atoms with van der Waals surface area (Å²) in [6.45, 7) is 1.73. The third-order valence-corrected chi connectivity index (χ3v) is 3.88. The molecule has 1 heterocycles. The highest BCUT2D eigenvalue weighted by Gasteiger charge is 2.18. The van der Waals surface area contributed by atoms with Crippen LogP contribution in [0.3, 0.4) is 0 Å². The van der Waals surface area contributed by atoms with Crippen molar-refractivity contribution in [3.8, 4) is 6.07 Å². The Balaban J connectivity index is 2.49. The molecule has 1 aromatic rings. The molecule has 0 aliphatic carbocycles. The maximum absolute atomic E-state index is 12.0. The molecule has 0 radical (unpaired) electrons. The molecule has 1 N–H and O–H groups in total. The largest absolute Gasteiger partial charge is 0.379 e. The van der Waals surface area contributed by atoms with E-state index in [1.165, 1.54) is 18.3 Å². The van der Waals surface area contributed by atoms with Gasteiger partial charge in [-0.2, -0.15) is 5.26 Å². The fraction of sp³-hybridized carbons (Fsp3) is 0.500. The second-order valence-corrected chi connectivity index (χ2v) is 6.01. The molecule has 1 aromatic heterocycles. The fourth-order valence-electron chi connectivity index (χ4n) is 1.37. The Morgan fingerprint density at radius 2 is 2.20 bits per heavy atom. The van der Waals surface area contributed by atoms with Crippen LogP contribution in [0.4, 0.5) is 0 Å². The minimum absolute atomic E-state index is 0.115. The third kappa shape index (κ3) is 5.22. The van der Waals surface area contributed by atoms with Gasteiger partial charge in [0.05, 0.1) is 13.2 Å². The van der Waals surface area contributed by atoms with Crippen LogP contribution in [-0.2, 0) is 14.8 Å². The van der Waals surface area contributed by atoms with Gasteiger partial charge in [-0.15, -0.1) is 0 Å². The van der Waals surface area contributed by atoms with E-state index in [1.807, 2.05) is 19.0 Å². The average Bonchev–Trinajstić information content (AvgIpc) is 2.42. The van der Waals surface area contributed by atoms with Crippen molar-refractivity contribution in [1.82, 2.24) is 14.6 Å². The number of nitriles is 1. The number of pyridine rings is 1. The van der Waals surface area contributed by atoms with Crippen LogP contribution in [0, 0.1) is 11.3 Å². The van der Waals surface area contributed by atoms with Gasteiger partial charge in [0.25, 0.3) is 0 Å². The first-order valence-corrected chi connectivity index (χ1v) is 7.53. The second kappa shape index (κ2) is 7.91. The minimum atomic E-state index is -3.73. The summed E-state index contributed by atoms with van der Waals surface area (Å²) in [4.78, 5) is 5.58. The number of hydrogen-bond donors (Lipinski definition) is 1. The number of rotatable bonds is 8. The van der Waals surface area contributed by atoms with Gasteiger partial charge in [-0.05, 0) is 26.2 Å². The smallest absolute Gasteiger partial charge is 0.243 e. The SMILES string of the molecule is CN(C)CCOCCNS(=O)(=O)c1cccnc1C#N. The molecule has 0 bridgehead atoms. The molecule has 20 heavy (non-hydrogen) atoms. The van der Waals surface area contributed by atoms with Gasteiger partial charge in [-0.3, -0.25) is 0 Å². The molecule has 0 spiro atoms. The Labute approximate surface area is 119 Å². The van der Waals surface area contributed by atoms with Gasteiger partial charge >= 0.3 is 0 Å². The zero-order chi connectivity index (χ0) is 15.0. The van der Waals surface area contributed by atoms with Crippen molar-refractivity contribution in [2.75, 3.05) is 40.4 Å². The molecule has 0 aliphatic rings. The van der Waals surface area contributed by atoms with Crippen molar-refractivity contribution < 1.29 is 13.2 Å². The highest BCUT2D eigenvalue weighted by Crippen LogP contribution is 2.11. The van der Waals surface area contributed by atoms with Crippen LogP contribution in [0.1, 0.15) is 5.69 Å². The summed E-state index contributed by atoms with van der Waals surface area (Å²) in [5.74, 6) is 0. The summed E-state index contributed by atoms with van der Waals surface area (Å²) in [5, 5.41) is 8.84. The van der Waals surface area contributed by atoms with Crippen molar-refractivity contribution in [3.05, 3.63) is 24.0 Å². The Morgan fingerprint density at radius 1 is 1.45 bits per heavy atom. The zero-order valence-electron chi connectivity index (χ0n) is 11.5. The summed E-state index contributed by atoms with van der Waals surface area (Å²) in [7, 11) is 0.125. The maximum Gasteiger partial charge on any atom is 0.243 e. The molecule has 0 atom stereocenters. The van der Waals surface area contributed by atoms with Gasteiger partial charge < -0.3 is 9.64 Å². The molecule has 0 saturated carbocycles. The highest BCUT2D eigenvalue weighted by atomic mass is 32.2. The van der Waals surface area contributed by atoms with E-state index in [9.17, 15) is 8.42 Å². The van der Waals surface area contributed by atoms with Gasteiger partial charge in [0.15, 0.2) is 5.69 Å². The lowest BCUT2D eigenvalue weighted by Crippen LogP contribution is -2.29. The zero-order valence-corrected chi connectivity index (χ0v) is 12.4. The van der Waals surface area contributed by atoms with Crippen molar-refractivity contribution in [2.45, 2.75) is 4.90 Å². The fourth-order valence-corrected chi connectivity index (χ4v) is 2.48. The molecule has 0 unspecified atom stereocenters. The molecular formula is C12H18N4O3S. The van der Waals surface area contributed by atoms with Crippen LogP contribution in [0.5, 0.6) is 0 Å². The summed E-state index contributed by atoms with van der Waals surface area (Å²) in [6.07, 6.45) is 1.38. The van der Waals surface area contributed by atoms with Crippen LogP contribution < -0.4 is 4.72 Å². The molecular weight excluding hydrogens is 280 g/mol. The van der Waals surface area contributed by atoms with Gasteiger partial charge in [0.2, 0.25) is 10.0 Å². The van der Waals surface area contributed by atoms with Gasteiger partial charge in [0, 0.05) is 19.3 Å². The van der Waals surface area contributed by atoms with E-state index in [0.29, 0.717) is 6.61 Å². The van der Waals surface area contributed by atoms with Crippen LogP contribution in [0.2, 0.25) is 0 Å². The normalized spacial score (nSPS) is 11.5. The van der Waals surface area contributed by atoms with Crippen molar-refractivity contribution in [3.63, 3.8) is 0 Å². The van der Waals surface area contributed by atoms with Crippen LogP contribution in [0.15, 0.2) is 23.2 Å². The molecule has 0 saturated heterocycles. The van der Waals surface area contributed by atoms with Crippen molar-refractivity contribution in [1.29, 1.82) is 5.26 Å². The van der Waals surface area contributed by atoms with Gasteiger partial charge in [-0.25, -0.2) is 18.1 Å². The predicted molar refractivity (Wildman–Crippen MR) is 73.5 cm³/mol. The molecule has 8 heteroatoms. The third-order valence-electron chi connectivity index (χ3n) is 2.39. The van der Waals surface area contributed by atoms with E-state index in [-0.39, 0.29) is 23.7 Å². The number of ether oxygens (including phenoxy) is 1. The number of aromatic nitrogens is 1. The van der Waals surface area contributed by atoms with E-state index < -0.39 is 10.0 Å².